The first kappa shape index (κ1) is 18.6. The molecule has 1 aliphatic rings. The van der Waals surface area contributed by atoms with E-state index in [9.17, 15) is 4.79 Å². The predicted octanol–water partition coefficient (Wildman–Crippen LogP) is 4.67. The molecule has 0 spiro atoms. The van der Waals surface area contributed by atoms with Gasteiger partial charge in [-0.1, -0.05) is 11.6 Å². The maximum Gasteiger partial charge on any atom is 0.410 e. The molecule has 1 saturated carbocycles. The van der Waals surface area contributed by atoms with Crippen LogP contribution in [0.2, 0.25) is 5.02 Å². The third-order valence-electron chi connectivity index (χ3n) is 4.11. The van der Waals surface area contributed by atoms with Crippen LogP contribution in [0, 0.1) is 0 Å². The smallest absolute Gasteiger partial charge is 0.410 e. The van der Waals surface area contributed by atoms with Gasteiger partial charge in [-0.05, 0) is 52.5 Å². The largest absolute Gasteiger partial charge is 0.444 e. The molecule has 0 atom stereocenters. The molecule has 23 heavy (non-hydrogen) atoms. The molecule has 130 valence electrons. The minimum Gasteiger partial charge on any atom is -0.444 e. The summed E-state index contributed by atoms with van der Waals surface area (Å²) in [6.07, 6.45) is 3.97. The molecule has 0 unspecified atom stereocenters. The lowest BCUT2D eigenvalue weighted by Crippen LogP contribution is -2.44. The lowest BCUT2D eigenvalue weighted by atomic mass is 9.90. The molecular formula is C17H27ClN2O2S. The number of carbonyl (C=O) groups is 1. The molecule has 1 aliphatic carbocycles. The molecule has 1 heterocycles. The van der Waals surface area contributed by atoms with E-state index >= 15 is 0 Å². The monoisotopic (exact) mass is 358 g/mol. The van der Waals surface area contributed by atoms with Crippen molar-refractivity contribution in [3.05, 3.63) is 21.3 Å². The van der Waals surface area contributed by atoms with Gasteiger partial charge in [-0.25, -0.2) is 4.79 Å². The Morgan fingerprint density at radius 2 is 2.04 bits per heavy atom. The van der Waals surface area contributed by atoms with E-state index < -0.39 is 5.60 Å². The summed E-state index contributed by atoms with van der Waals surface area (Å²) >= 11 is 7.63. The minimum atomic E-state index is -0.438. The number of thiophene rings is 1. The number of rotatable bonds is 4. The molecule has 0 saturated heterocycles. The summed E-state index contributed by atoms with van der Waals surface area (Å²) in [6.45, 7) is 6.57. The van der Waals surface area contributed by atoms with Crippen LogP contribution < -0.4 is 5.32 Å². The van der Waals surface area contributed by atoms with Gasteiger partial charge in [0.15, 0.2) is 0 Å². The highest BCUT2D eigenvalue weighted by Gasteiger charge is 2.29. The highest BCUT2D eigenvalue weighted by atomic mass is 35.5. The zero-order valence-corrected chi connectivity index (χ0v) is 16.0. The van der Waals surface area contributed by atoms with Gasteiger partial charge in [0.2, 0.25) is 0 Å². The van der Waals surface area contributed by atoms with E-state index in [4.69, 9.17) is 16.3 Å². The van der Waals surface area contributed by atoms with Gasteiger partial charge >= 0.3 is 6.09 Å². The molecule has 0 aliphatic heterocycles. The van der Waals surface area contributed by atoms with Crippen LogP contribution in [0.4, 0.5) is 4.79 Å². The Morgan fingerprint density at radius 3 is 2.57 bits per heavy atom. The number of hydrogen-bond donors (Lipinski definition) is 1. The summed E-state index contributed by atoms with van der Waals surface area (Å²) in [6, 6.07) is 2.81. The van der Waals surface area contributed by atoms with Crippen LogP contribution >= 0.6 is 22.9 Å². The van der Waals surface area contributed by atoms with Crippen LogP contribution in [0.25, 0.3) is 0 Å². The number of nitrogens with zero attached hydrogens (tertiary/aromatic N) is 1. The lowest BCUT2D eigenvalue weighted by molar-refractivity contribution is 0.0179. The van der Waals surface area contributed by atoms with Crippen molar-refractivity contribution in [2.45, 2.75) is 70.7 Å². The first-order valence-corrected chi connectivity index (χ1v) is 9.42. The van der Waals surface area contributed by atoms with Gasteiger partial charge in [0.05, 0.1) is 5.02 Å². The van der Waals surface area contributed by atoms with E-state index in [0.717, 1.165) is 37.3 Å². The predicted molar refractivity (Wildman–Crippen MR) is 96.2 cm³/mol. The average molecular weight is 359 g/mol. The van der Waals surface area contributed by atoms with Gasteiger partial charge in [0, 0.05) is 35.9 Å². The molecule has 2 rings (SSSR count). The first-order chi connectivity index (χ1) is 10.7. The van der Waals surface area contributed by atoms with E-state index in [-0.39, 0.29) is 12.1 Å². The van der Waals surface area contributed by atoms with Crippen LogP contribution in [0.5, 0.6) is 0 Å². The summed E-state index contributed by atoms with van der Waals surface area (Å²) in [5.41, 5.74) is -0.438. The highest BCUT2D eigenvalue weighted by Crippen LogP contribution is 2.25. The van der Waals surface area contributed by atoms with Crippen molar-refractivity contribution in [3.8, 4) is 0 Å². The molecule has 0 aromatic carbocycles. The van der Waals surface area contributed by atoms with E-state index in [2.05, 4.69) is 5.32 Å². The molecule has 1 fully saturated rings. The zero-order chi connectivity index (χ0) is 17.0. The van der Waals surface area contributed by atoms with Crippen LogP contribution in [0.15, 0.2) is 11.4 Å². The van der Waals surface area contributed by atoms with Gasteiger partial charge in [-0.3, -0.25) is 0 Å². The lowest BCUT2D eigenvalue weighted by Gasteiger charge is -2.35. The number of ether oxygens (including phenoxy) is 1. The van der Waals surface area contributed by atoms with Gasteiger partial charge in [0.25, 0.3) is 0 Å². The number of nitrogens with one attached hydrogen (secondary N) is 1. The van der Waals surface area contributed by atoms with Gasteiger partial charge in [0.1, 0.15) is 5.60 Å². The Bertz CT molecular complexity index is 519. The maximum absolute atomic E-state index is 12.1. The molecule has 1 aromatic rings. The second-order valence-electron chi connectivity index (χ2n) is 7.21. The van der Waals surface area contributed by atoms with E-state index in [1.165, 1.54) is 4.88 Å². The fourth-order valence-electron chi connectivity index (χ4n) is 2.84. The van der Waals surface area contributed by atoms with Crippen LogP contribution in [-0.2, 0) is 11.3 Å². The summed E-state index contributed by atoms with van der Waals surface area (Å²) in [5, 5.41) is 6.37. The highest BCUT2D eigenvalue weighted by molar-refractivity contribution is 7.10. The summed E-state index contributed by atoms with van der Waals surface area (Å²) in [5.74, 6) is 0. The molecule has 1 N–H and O–H groups in total. The zero-order valence-electron chi connectivity index (χ0n) is 14.4. The third kappa shape index (κ3) is 5.98. The molecule has 1 amide bonds. The second-order valence-corrected chi connectivity index (χ2v) is 8.64. The van der Waals surface area contributed by atoms with Crippen molar-refractivity contribution in [1.29, 1.82) is 0 Å². The van der Waals surface area contributed by atoms with Gasteiger partial charge in [-0.15, -0.1) is 11.3 Å². The van der Waals surface area contributed by atoms with Crippen LogP contribution in [-0.4, -0.2) is 35.7 Å². The SMILES string of the molecule is CN(C(=O)OC(C)(C)C)C1CCC(NCc2cc(Cl)cs2)CC1. The van der Waals surface area contributed by atoms with Gasteiger partial charge < -0.3 is 15.0 Å². The Morgan fingerprint density at radius 1 is 1.39 bits per heavy atom. The summed E-state index contributed by atoms with van der Waals surface area (Å²) in [4.78, 5) is 15.2. The maximum atomic E-state index is 12.1. The van der Waals surface area contributed by atoms with Crippen molar-refractivity contribution in [2.75, 3.05) is 7.05 Å². The third-order valence-corrected chi connectivity index (χ3v) is 5.40. The fraction of sp³-hybridized carbons (Fsp3) is 0.706. The molecule has 1 aromatic heterocycles. The Kier molecular flexibility index (Phi) is 6.34. The summed E-state index contributed by atoms with van der Waals surface area (Å²) in [7, 11) is 1.85. The standard InChI is InChI=1S/C17H27ClN2O2S/c1-17(2,3)22-16(21)20(4)14-7-5-13(6-8-14)19-10-15-9-12(18)11-23-15/h9,11,13-14,19H,5-8,10H2,1-4H3. The minimum absolute atomic E-state index is 0.220. The number of hydrogen-bond acceptors (Lipinski definition) is 4. The van der Waals surface area contributed by atoms with Crippen LogP contribution in [0.3, 0.4) is 0 Å². The summed E-state index contributed by atoms with van der Waals surface area (Å²) < 4.78 is 5.45. The first-order valence-electron chi connectivity index (χ1n) is 8.17. The number of halogens is 1. The van der Waals surface area contributed by atoms with Crippen molar-refractivity contribution in [2.24, 2.45) is 0 Å². The molecule has 0 radical (unpaired) electrons. The van der Waals surface area contributed by atoms with E-state index in [0.29, 0.717) is 6.04 Å². The topological polar surface area (TPSA) is 41.6 Å². The Balaban J connectivity index is 1.73. The van der Waals surface area contributed by atoms with Crippen molar-refractivity contribution >= 4 is 29.0 Å². The van der Waals surface area contributed by atoms with E-state index in [1.807, 2.05) is 39.3 Å². The number of carbonyl (C=O) groups excluding carboxylic acids is 1. The molecule has 6 heteroatoms. The average Bonchev–Trinajstić information content (AvgIpc) is 2.89. The molecule has 4 nitrogen and oxygen atoms in total. The molecular weight excluding hydrogens is 332 g/mol. The fourth-order valence-corrected chi connectivity index (χ4v) is 3.87. The second kappa shape index (κ2) is 7.86. The van der Waals surface area contributed by atoms with Crippen molar-refractivity contribution in [1.82, 2.24) is 10.2 Å². The molecule has 0 bridgehead atoms. The van der Waals surface area contributed by atoms with Crippen molar-refractivity contribution in [3.63, 3.8) is 0 Å². The van der Waals surface area contributed by atoms with Gasteiger partial charge in [-0.2, -0.15) is 0 Å². The van der Waals surface area contributed by atoms with Crippen LogP contribution in [0.1, 0.15) is 51.3 Å². The number of amides is 1. The Labute approximate surface area is 148 Å². The quantitative estimate of drug-likeness (QED) is 0.850. The van der Waals surface area contributed by atoms with E-state index in [1.54, 1.807) is 16.2 Å². The Hall–Kier alpha value is -0.780. The van der Waals surface area contributed by atoms with Crippen molar-refractivity contribution < 1.29 is 9.53 Å². The normalized spacial score (nSPS) is 22.0.